The number of benzene rings is 1. The van der Waals surface area contributed by atoms with Crippen molar-refractivity contribution in [1.82, 2.24) is 20.6 Å². The topological polar surface area (TPSA) is 97.1 Å². The summed E-state index contributed by atoms with van der Waals surface area (Å²) in [6.07, 6.45) is 4.86. The van der Waals surface area contributed by atoms with Gasteiger partial charge in [0.2, 0.25) is 0 Å². The van der Waals surface area contributed by atoms with Crippen LogP contribution in [0.25, 0.3) is 11.0 Å². The van der Waals surface area contributed by atoms with Gasteiger partial charge in [0.05, 0.1) is 11.3 Å². The van der Waals surface area contributed by atoms with Gasteiger partial charge in [0.15, 0.2) is 0 Å². The zero-order valence-electron chi connectivity index (χ0n) is 14.9. The predicted octanol–water partition coefficient (Wildman–Crippen LogP) is 0.986. The van der Waals surface area contributed by atoms with Gasteiger partial charge >= 0.3 is 0 Å². The lowest BCUT2D eigenvalue weighted by molar-refractivity contribution is 0.119. The molecule has 7 heteroatoms. The van der Waals surface area contributed by atoms with Gasteiger partial charge < -0.3 is 15.3 Å². The summed E-state index contributed by atoms with van der Waals surface area (Å²) in [7, 11) is 0. The van der Waals surface area contributed by atoms with E-state index in [4.69, 9.17) is 0 Å². The normalized spacial score (nSPS) is 29.0. The molecule has 7 nitrogen and oxygen atoms in total. The minimum Gasteiger partial charge on any atom is -0.377 e. The van der Waals surface area contributed by atoms with Crippen LogP contribution in [-0.2, 0) is 0 Å². The minimum atomic E-state index is -0.470. The molecule has 2 aliphatic rings. The predicted molar refractivity (Wildman–Crippen MR) is 99.6 cm³/mol. The molecule has 4 atom stereocenters. The Balaban J connectivity index is 1.61. The van der Waals surface area contributed by atoms with Crippen molar-refractivity contribution < 1.29 is 5.11 Å². The minimum absolute atomic E-state index is 0.102. The lowest BCUT2D eigenvalue weighted by Crippen LogP contribution is -2.54. The molecule has 1 aromatic heterocycles. The van der Waals surface area contributed by atoms with Crippen LogP contribution >= 0.6 is 0 Å². The van der Waals surface area contributed by atoms with E-state index in [0.29, 0.717) is 23.0 Å². The van der Waals surface area contributed by atoms with Crippen LogP contribution < -0.4 is 15.5 Å². The lowest BCUT2D eigenvalue weighted by atomic mass is 9.94. The van der Waals surface area contributed by atoms with Gasteiger partial charge in [-0.2, -0.15) is 5.26 Å². The molecule has 2 aliphatic heterocycles. The first-order chi connectivity index (χ1) is 12.7. The van der Waals surface area contributed by atoms with E-state index >= 15 is 0 Å². The Morgan fingerprint density at radius 2 is 2.08 bits per heavy atom. The second kappa shape index (κ2) is 7.16. The maximum atomic E-state index is 10.0. The summed E-state index contributed by atoms with van der Waals surface area (Å²) < 4.78 is 0. The number of nitrogens with zero attached hydrogens (tertiary/aromatic N) is 4. The van der Waals surface area contributed by atoms with Gasteiger partial charge in [-0.1, -0.05) is 6.92 Å². The number of hydrogen-bond acceptors (Lipinski definition) is 7. The monoisotopic (exact) mass is 352 g/mol. The fourth-order valence-electron chi connectivity index (χ4n) is 4.22. The molecule has 0 radical (unpaired) electrons. The Hall–Kier alpha value is -2.27. The van der Waals surface area contributed by atoms with Gasteiger partial charge in [-0.25, -0.2) is 0 Å². The summed E-state index contributed by atoms with van der Waals surface area (Å²) in [6.45, 7) is 4.90. The summed E-state index contributed by atoms with van der Waals surface area (Å²) in [5, 5.41) is 26.1. The molecule has 0 saturated carbocycles. The van der Waals surface area contributed by atoms with Crippen molar-refractivity contribution in [3.63, 3.8) is 0 Å². The van der Waals surface area contributed by atoms with E-state index in [0.717, 1.165) is 43.7 Å². The molecule has 1 aromatic carbocycles. The van der Waals surface area contributed by atoms with Crippen LogP contribution in [0.5, 0.6) is 0 Å². The summed E-state index contributed by atoms with van der Waals surface area (Å²) in [5.74, 6) is 0.523. The number of anilines is 1. The zero-order valence-corrected chi connectivity index (χ0v) is 14.9. The molecule has 0 spiro atoms. The van der Waals surface area contributed by atoms with E-state index < -0.39 is 6.23 Å². The van der Waals surface area contributed by atoms with Crippen LogP contribution in [0.2, 0.25) is 0 Å². The van der Waals surface area contributed by atoms with E-state index in [1.165, 1.54) is 0 Å². The SMILES string of the molecule is C[C@H]1C[C@@H](NC2CCNC2O)CN(c2ccc(C#N)c3nccnc23)C1. The second-order valence-corrected chi connectivity index (χ2v) is 7.40. The summed E-state index contributed by atoms with van der Waals surface area (Å²) in [4.78, 5) is 11.2. The van der Waals surface area contributed by atoms with Gasteiger partial charge in [-0.15, -0.1) is 0 Å². The Morgan fingerprint density at radius 3 is 2.81 bits per heavy atom. The molecular weight excluding hydrogens is 328 g/mol. The molecule has 0 amide bonds. The Bertz CT molecular complexity index is 834. The smallest absolute Gasteiger partial charge is 0.120 e. The number of fused-ring (bicyclic) bond motifs is 1. The molecule has 2 saturated heterocycles. The molecule has 136 valence electrons. The number of aliphatic hydroxyl groups excluding tert-OH is 1. The van der Waals surface area contributed by atoms with Gasteiger partial charge in [0, 0.05) is 37.6 Å². The van der Waals surface area contributed by atoms with Gasteiger partial charge in [-0.05, 0) is 37.4 Å². The van der Waals surface area contributed by atoms with Crippen molar-refractivity contribution in [2.75, 3.05) is 24.5 Å². The van der Waals surface area contributed by atoms with E-state index in [-0.39, 0.29) is 6.04 Å². The molecule has 4 rings (SSSR count). The standard InChI is InChI=1S/C19H24N6O/c1-12-8-14(24-15-4-5-23-19(15)26)11-25(10-12)16-3-2-13(9-20)17-18(16)22-7-6-21-17/h2-3,6-7,12,14-15,19,23-24,26H,4-5,8,10-11H2,1H3/t12-,14+,15?,19?/m0/s1. The third kappa shape index (κ3) is 3.23. The Morgan fingerprint density at radius 1 is 1.27 bits per heavy atom. The van der Waals surface area contributed by atoms with E-state index in [9.17, 15) is 10.4 Å². The largest absolute Gasteiger partial charge is 0.377 e. The molecule has 3 heterocycles. The van der Waals surface area contributed by atoms with Crippen LogP contribution in [0.15, 0.2) is 24.5 Å². The molecule has 2 fully saturated rings. The first-order valence-corrected chi connectivity index (χ1v) is 9.22. The summed E-state index contributed by atoms with van der Waals surface area (Å²) >= 11 is 0. The second-order valence-electron chi connectivity index (χ2n) is 7.40. The number of aromatic nitrogens is 2. The summed E-state index contributed by atoms with van der Waals surface area (Å²) in [5.41, 5.74) is 3.01. The number of hydrogen-bond donors (Lipinski definition) is 3. The van der Waals surface area contributed by atoms with E-state index in [1.54, 1.807) is 12.4 Å². The number of piperidine rings is 1. The number of aliphatic hydroxyl groups is 1. The average molecular weight is 352 g/mol. The lowest BCUT2D eigenvalue weighted by Gasteiger charge is -2.40. The van der Waals surface area contributed by atoms with Crippen molar-refractivity contribution in [3.8, 4) is 6.07 Å². The highest BCUT2D eigenvalue weighted by atomic mass is 16.3. The number of rotatable bonds is 3. The quantitative estimate of drug-likeness (QED) is 0.758. The van der Waals surface area contributed by atoms with Gasteiger partial charge in [0.25, 0.3) is 0 Å². The highest BCUT2D eigenvalue weighted by molar-refractivity contribution is 5.92. The Labute approximate surface area is 153 Å². The highest BCUT2D eigenvalue weighted by Gasteiger charge is 2.31. The van der Waals surface area contributed by atoms with Crippen molar-refractivity contribution in [2.45, 2.75) is 38.1 Å². The highest BCUT2D eigenvalue weighted by Crippen LogP contribution is 2.30. The fourth-order valence-corrected chi connectivity index (χ4v) is 4.22. The van der Waals surface area contributed by atoms with Crippen LogP contribution in [0.4, 0.5) is 5.69 Å². The van der Waals surface area contributed by atoms with Crippen molar-refractivity contribution in [3.05, 3.63) is 30.1 Å². The van der Waals surface area contributed by atoms with Crippen molar-refractivity contribution in [1.29, 1.82) is 5.26 Å². The maximum Gasteiger partial charge on any atom is 0.120 e. The van der Waals surface area contributed by atoms with Crippen LogP contribution in [0.1, 0.15) is 25.3 Å². The molecule has 3 N–H and O–H groups in total. The van der Waals surface area contributed by atoms with Crippen LogP contribution in [0, 0.1) is 17.2 Å². The zero-order chi connectivity index (χ0) is 18.1. The third-order valence-corrected chi connectivity index (χ3v) is 5.36. The van der Waals surface area contributed by atoms with Crippen LogP contribution in [0.3, 0.4) is 0 Å². The summed E-state index contributed by atoms with van der Waals surface area (Å²) in [6, 6.07) is 6.43. The third-order valence-electron chi connectivity index (χ3n) is 5.36. The molecule has 2 unspecified atom stereocenters. The molecular formula is C19H24N6O. The number of nitrogens with one attached hydrogen (secondary N) is 2. The first kappa shape index (κ1) is 17.2. The van der Waals surface area contributed by atoms with Crippen molar-refractivity contribution in [2.24, 2.45) is 5.92 Å². The molecule has 0 aliphatic carbocycles. The maximum absolute atomic E-state index is 10.0. The van der Waals surface area contributed by atoms with Gasteiger partial charge in [0.1, 0.15) is 23.3 Å². The van der Waals surface area contributed by atoms with E-state index in [1.807, 2.05) is 12.1 Å². The first-order valence-electron chi connectivity index (χ1n) is 9.22. The van der Waals surface area contributed by atoms with E-state index in [2.05, 4.69) is 38.5 Å². The molecule has 0 bridgehead atoms. The van der Waals surface area contributed by atoms with Gasteiger partial charge in [-0.3, -0.25) is 15.3 Å². The van der Waals surface area contributed by atoms with Crippen molar-refractivity contribution >= 4 is 16.7 Å². The molecule has 2 aromatic rings. The fraction of sp³-hybridized carbons (Fsp3) is 0.526. The average Bonchev–Trinajstić information content (AvgIpc) is 3.05. The number of nitriles is 1. The van der Waals surface area contributed by atoms with Crippen LogP contribution in [-0.4, -0.2) is 53.0 Å². The molecule has 26 heavy (non-hydrogen) atoms. The Kier molecular flexibility index (Phi) is 4.72.